The summed E-state index contributed by atoms with van der Waals surface area (Å²) in [5.74, 6) is 0.629. The molecular weight excluding hydrogens is 160 g/mol. The van der Waals surface area contributed by atoms with Crippen LogP contribution in [-0.4, -0.2) is 5.78 Å². The first kappa shape index (κ1) is 8.02. The van der Waals surface area contributed by atoms with Crippen LogP contribution in [0.25, 0.3) is 0 Å². The van der Waals surface area contributed by atoms with E-state index < -0.39 is 0 Å². The van der Waals surface area contributed by atoms with Crippen molar-refractivity contribution in [3.8, 4) is 0 Å². The Kier molecular flexibility index (Phi) is 1.46. The lowest BCUT2D eigenvalue weighted by Crippen LogP contribution is -2.59. The van der Waals surface area contributed by atoms with Gasteiger partial charge in [0.1, 0.15) is 5.78 Å². The van der Waals surface area contributed by atoms with E-state index in [1.54, 1.807) is 0 Å². The van der Waals surface area contributed by atoms with E-state index in [0.29, 0.717) is 11.2 Å². The first-order valence-electron chi connectivity index (χ1n) is 5.83. The van der Waals surface area contributed by atoms with Gasteiger partial charge in [-0.3, -0.25) is 4.79 Å². The summed E-state index contributed by atoms with van der Waals surface area (Å²) in [5, 5.41) is 0. The van der Waals surface area contributed by atoms with Crippen LogP contribution in [-0.2, 0) is 4.79 Å². The molecule has 0 spiro atoms. The minimum atomic E-state index is 0.212. The fraction of sp³-hybridized carbons (Fsp3) is 0.917. The Hall–Kier alpha value is -0.330. The van der Waals surface area contributed by atoms with Crippen molar-refractivity contribution in [2.75, 3.05) is 0 Å². The predicted octanol–water partition coefficient (Wildman–Crippen LogP) is 3.08. The predicted molar refractivity (Wildman–Crippen MR) is 51.4 cm³/mol. The van der Waals surface area contributed by atoms with Crippen LogP contribution in [0.5, 0.6) is 0 Å². The van der Waals surface area contributed by atoms with Crippen molar-refractivity contribution in [1.29, 1.82) is 0 Å². The summed E-state index contributed by atoms with van der Waals surface area (Å²) in [6.07, 6.45) is 11.3. The van der Waals surface area contributed by atoms with E-state index in [1.807, 2.05) is 0 Å². The van der Waals surface area contributed by atoms with Crippen molar-refractivity contribution in [3.63, 3.8) is 0 Å². The maximum absolute atomic E-state index is 12.0. The molecule has 0 saturated heterocycles. The van der Waals surface area contributed by atoms with Crippen LogP contribution in [0.1, 0.15) is 57.8 Å². The largest absolute Gasteiger partial charge is 0.299 e. The molecule has 0 aromatic rings. The standard InChI is InChI=1S/C12H18O/c13-10-4-3-6-11-5-1-2-7-12(10,11)9-8-11/h1-9H2. The molecule has 2 unspecified atom stereocenters. The zero-order valence-corrected chi connectivity index (χ0v) is 8.27. The lowest BCUT2D eigenvalue weighted by molar-refractivity contribution is -0.174. The van der Waals surface area contributed by atoms with Crippen LogP contribution < -0.4 is 0 Å². The van der Waals surface area contributed by atoms with E-state index in [9.17, 15) is 4.79 Å². The van der Waals surface area contributed by atoms with Crippen molar-refractivity contribution in [3.05, 3.63) is 0 Å². The number of hydrogen-bond acceptors (Lipinski definition) is 1. The van der Waals surface area contributed by atoms with Crippen molar-refractivity contribution in [2.24, 2.45) is 10.8 Å². The SMILES string of the molecule is O=C1CCCC23CCCCC12CC3. The smallest absolute Gasteiger partial charge is 0.139 e. The van der Waals surface area contributed by atoms with Gasteiger partial charge in [-0.2, -0.15) is 0 Å². The topological polar surface area (TPSA) is 17.1 Å². The van der Waals surface area contributed by atoms with Crippen molar-refractivity contribution >= 4 is 5.78 Å². The zero-order chi connectivity index (χ0) is 8.94. The third kappa shape index (κ3) is 0.769. The summed E-state index contributed by atoms with van der Waals surface area (Å²) in [5.41, 5.74) is 0.726. The number of ketones is 1. The second-order valence-electron chi connectivity index (χ2n) is 5.35. The molecule has 0 radical (unpaired) electrons. The summed E-state index contributed by atoms with van der Waals surface area (Å²) >= 11 is 0. The number of Topliss-reactive ketones (excluding diaryl/α,β-unsaturated/α-hetero) is 1. The van der Waals surface area contributed by atoms with Gasteiger partial charge >= 0.3 is 0 Å². The van der Waals surface area contributed by atoms with Gasteiger partial charge in [0.15, 0.2) is 0 Å². The molecule has 2 atom stereocenters. The fourth-order valence-electron chi connectivity index (χ4n) is 4.32. The summed E-state index contributed by atoms with van der Waals surface area (Å²) < 4.78 is 0. The Morgan fingerprint density at radius 3 is 2.31 bits per heavy atom. The van der Waals surface area contributed by atoms with Crippen LogP contribution in [0.2, 0.25) is 0 Å². The van der Waals surface area contributed by atoms with Crippen molar-refractivity contribution < 1.29 is 4.79 Å². The molecule has 0 aromatic heterocycles. The molecule has 3 aliphatic rings. The Labute approximate surface area is 79.9 Å². The average Bonchev–Trinajstić information content (AvgIpc) is 2.11. The van der Waals surface area contributed by atoms with Crippen LogP contribution in [0.3, 0.4) is 0 Å². The number of rotatable bonds is 0. The van der Waals surface area contributed by atoms with E-state index in [4.69, 9.17) is 0 Å². The van der Waals surface area contributed by atoms with Gasteiger partial charge in [-0.1, -0.05) is 12.8 Å². The van der Waals surface area contributed by atoms with Crippen LogP contribution in [0, 0.1) is 10.8 Å². The molecule has 0 aromatic carbocycles. The molecule has 0 bridgehead atoms. The molecule has 3 fully saturated rings. The molecule has 1 nitrogen and oxygen atoms in total. The molecule has 0 aliphatic heterocycles. The van der Waals surface area contributed by atoms with Crippen molar-refractivity contribution in [1.82, 2.24) is 0 Å². The highest BCUT2D eigenvalue weighted by molar-refractivity contribution is 5.87. The Bertz CT molecular complexity index is 254. The van der Waals surface area contributed by atoms with Gasteiger partial charge in [-0.25, -0.2) is 0 Å². The Morgan fingerprint density at radius 1 is 0.846 bits per heavy atom. The molecule has 0 N–H and O–H groups in total. The lowest BCUT2D eigenvalue weighted by atomic mass is 9.39. The first-order valence-corrected chi connectivity index (χ1v) is 5.83. The van der Waals surface area contributed by atoms with Gasteiger partial charge in [-0.15, -0.1) is 0 Å². The molecule has 1 heteroatoms. The molecule has 3 aliphatic carbocycles. The first-order chi connectivity index (χ1) is 6.29. The minimum absolute atomic E-state index is 0.212. The zero-order valence-electron chi connectivity index (χ0n) is 8.27. The molecule has 3 saturated carbocycles. The third-order valence-electron chi connectivity index (χ3n) is 5.15. The monoisotopic (exact) mass is 178 g/mol. The minimum Gasteiger partial charge on any atom is -0.299 e. The van der Waals surface area contributed by atoms with Gasteiger partial charge in [0.25, 0.3) is 0 Å². The molecular formula is C12H18O. The van der Waals surface area contributed by atoms with Gasteiger partial charge in [-0.05, 0) is 43.9 Å². The Morgan fingerprint density at radius 2 is 1.62 bits per heavy atom. The van der Waals surface area contributed by atoms with Gasteiger partial charge in [0.05, 0.1) is 0 Å². The highest BCUT2D eigenvalue weighted by Gasteiger charge is 2.63. The molecule has 0 amide bonds. The fourth-order valence-corrected chi connectivity index (χ4v) is 4.32. The second kappa shape index (κ2) is 2.37. The molecule has 72 valence electrons. The number of hydrogen-bond donors (Lipinski definition) is 0. The van der Waals surface area contributed by atoms with Crippen LogP contribution in [0.4, 0.5) is 0 Å². The summed E-state index contributed by atoms with van der Waals surface area (Å²) in [7, 11) is 0. The van der Waals surface area contributed by atoms with E-state index >= 15 is 0 Å². The number of carbonyl (C=O) groups excluding carboxylic acids is 1. The highest BCUT2D eigenvalue weighted by Crippen LogP contribution is 2.69. The average molecular weight is 178 g/mol. The Balaban J connectivity index is 2.00. The normalized spacial score (nSPS) is 49.1. The summed E-state index contributed by atoms with van der Waals surface area (Å²) in [6, 6.07) is 0. The molecule has 13 heavy (non-hydrogen) atoms. The van der Waals surface area contributed by atoms with Crippen molar-refractivity contribution in [2.45, 2.75) is 57.8 Å². The van der Waals surface area contributed by atoms with Gasteiger partial charge in [0, 0.05) is 11.8 Å². The molecule has 0 heterocycles. The third-order valence-corrected chi connectivity index (χ3v) is 5.15. The number of carbonyl (C=O) groups is 1. The van der Waals surface area contributed by atoms with Gasteiger partial charge in [0.2, 0.25) is 0 Å². The summed E-state index contributed by atoms with van der Waals surface area (Å²) in [4.78, 5) is 12.0. The van der Waals surface area contributed by atoms with E-state index in [0.717, 1.165) is 6.42 Å². The quantitative estimate of drug-likeness (QED) is 0.557. The van der Waals surface area contributed by atoms with E-state index in [1.165, 1.54) is 51.4 Å². The van der Waals surface area contributed by atoms with Crippen LogP contribution >= 0.6 is 0 Å². The van der Waals surface area contributed by atoms with E-state index in [-0.39, 0.29) is 5.41 Å². The molecule has 3 rings (SSSR count). The van der Waals surface area contributed by atoms with Crippen LogP contribution in [0.15, 0.2) is 0 Å². The lowest BCUT2D eigenvalue weighted by Gasteiger charge is -2.64. The van der Waals surface area contributed by atoms with E-state index in [2.05, 4.69) is 0 Å². The maximum atomic E-state index is 12.0. The maximum Gasteiger partial charge on any atom is 0.139 e. The highest BCUT2D eigenvalue weighted by atomic mass is 16.1. The second-order valence-corrected chi connectivity index (χ2v) is 5.35. The van der Waals surface area contributed by atoms with Gasteiger partial charge < -0.3 is 0 Å². The summed E-state index contributed by atoms with van der Waals surface area (Å²) in [6.45, 7) is 0.